The number of aromatic nitrogens is 3. The third-order valence-corrected chi connectivity index (χ3v) is 6.15. The largest absolute Gasteiger partial charge is 0.494 e. The molecule has 0 aliphatic carbocycles. The first-order chi connectivity index (χ1) is 18.4. The van der Waals surface area contributed by atoms with E-state index in [9.17, 15) is 14.9 Å². The summed E-state index contributed by atoms with van der Waals surface area (Å²) in [4.78, 5) is 29.2. The summed E-state index contributed by atoms with van der Waals surface area (Å²) in [6.45, 7) is 4.82. The number of benzene rings is 3. The second kappa shape index (κ2) is 10.5. The van der Waals surface area contributed by atoms with Gasteiger partial charge in [-0.25, -0.2) is 4.98 Å². The number of amides is 1. The number of carbonyl (C=O) groups excluding carboxylic acids is 1. The van der Waals surface area contributed by atoms with Crippen molar-refractivity contribution < 1.29 is 14.5 Å². The molecule has 0 aliphatic rings. The molecular weight excluding hydrogens is 482 g/mol. The van der Waals surface area contributed by atoms with E-state index in [1.54, 1.807) is 18.2 Å². The van der Waals surface area contributed by atoms with Crippen LogP contribution in [-0.4, -0.2) is 32.6 Å². The summed E-state index contributed by atoms with van der Waals surface area (Å²) in [5.74, 6) is 0.430. The number of aryl methyl sites for hydroxylation is 1. The van der Waals surface area contributed by atoms with Gasteiger partial charge in [0.15, 0.2) is 5.65 Å². The van der Waals surface area contributed by atoms with Gasteiger partial charge in [0.1, 0.15) is 5.75 Å². The average molecular weight is 508 g/mol. The Morgan fingerprint density at radius 2 is 1.79 bits per heavy atom. The number of nitrogens with zero attached hydrogens (tertiary/aromatic N) is 3. The van der Waals surface area contributed by atoms with Crippen molar-refractivity contribution in [3.8, 4) is 28.3 Å². The highest BCUT2D eigenvalue weighted by Crippen LogP contribution is 2.33. The van der Waals surface area contributed by atoms with Crippen LogP contribution in [0.3, 0.4) is 0 Å². The maximum Gasteiger partial charge on any atom is 0.270 e. The van der Waals surface area contributed by atoms with E-state index >= 15 is 0 Å². The quantitative estimate of drug-likeness (QED) is 0.201. The van der Waals surface area contributed by atoms with Crippen LogP contribution in [0.15, 0.2) is 78.9 Å². The van der Waals surface area contributed by atoms with E-state index in [1.165, 1.54) is 12.1 Å². The first-order valence-electron chi connectivity index (χ1n) is 12.1. The molecule has 5 aromatic rings. The predicted octanol–water partition coefficient (Wildman–Crippen LogP) is 5.84. The maximum absolute atomic E-state index is 13.6. The van der Waals surface area contributed by atoms with Crippen LogP contribution in [0.1, 0.15) is 28.4 Å². The number of non-ortho nitro benzene ring substituents is 1. The Morgan fingerprint density at radius 3 is 2.50 bits per heavy atom. The number of rotatable bonds is 8. The van der Waals surface area contributed by atoms with Gasteiger partial charge in [-0.2, -0.15) is 5.10 Å². The SMILES string of the molecule is CCOc1ccc(-c2cc(C(=O)NCc3ccc(C)cc3)c3c(-c4cccc([N+](=O)[O-])c4)[nH]nc3n2)cc1. The Bertz CT molecular complexity index is 1630. The molecule has 0 unspecified atom stereocenters. The molecule has 38 heavy (non-hydrogen) atoms. The summed E-state index contributed by atoms with van der Waals surface area (Å²) >= 11 is 0. The molecule has 3 aromatic carbocycles. The zero-order chi connectivity index (χ0) is 26.6. The summed E-state index contributed by atoms with van der Waals surface area (Å²) in [5, 5.41) is 22.1. The topological polar surface area (TPSA) is 123 Å². The fraction of sp³-hybridized carbons (Fsp3) is 0.138. The van der Waals surface area contributed by atoms with Gasteiger partial charge >= 0.3 is 0 Å². The van der Waals surface area contributed by atoms with Gasteiger partial charge in [0.25, 0.3) is 11.6 Å². The van der Waals surface area contributed by atoms with Crippen molar-refractivity contribution >= 4 is 22.6 Å². The number of nitro benzene ring substituents is 1. The van der Waals surface area contributed by atoms with Gasteiger partial charge in [-0.15, -0.1) is 0 Å². The van der Waals surface area contributed by atoms with Crippen LogP contribution in [0.25, 0.3) is 33.5 Å². The lowest BCUT2D eigenvalue weighted by Gasteiger charge is -2.11. The third kappa shape index (κ3) is 5.08. The lowest BCUT2D eigenvalue weighted by molar-refractivity contribution is -0.384. The van der Waals surface area contributed by atoms with E-state index in [-0.39, 0.29) is 11.6 Å². The standard InChI is InChI=1S/C29H25N5O4/c1-3-38-23-13-11-20(12-14-23)25-16-24(29(35)30-17-19-9-7-18(2)8-10-19)26-27(32-33-28(26)31-25)21-5-4-6-22(15-21)34(36)37/h4-16H,3,17H2,1-2H3,(H,30,35)(H,31,32,33). The molecule has 0 atom stereocenters. The van der Waals surface area contributed by atoms with Crippen molar-refractivity contribution in [2.24, 2.45) is 0 Å². The molecule has 2 aromatic heterocycles. The number of H-pyrrole nitrogens is 1. The van der Waals surface area contributed by atoms with Crippen molar-refractivity contribution in [1.82, 2.24) is 20.5 Å². The Balaban J connectivity index is 1.59. The van der Waals surface area contributed by atoms with Crippen LogP contribution in [-0.2, 0) is 6.54 Å². The van der Waals surface area contributed by atoms with Crippen LogP contribution < -0.4 is 10.1 Å². The highest BCUT2D eigenvalue weighted by Gasteiger charge is 2.21. The fourth-order valence-corrected chi connectivity index (χ4v) is 4.21. The Morgan fingerprint density at radius 1 is 1.03 bits per heavy atom. The normalized spacial score (nSPS) is 10.9. The number of pyridine rings is 1. The lowest BCUT2D eigenvalue weighted by atomic mass is 10.0. The molecule has 2 N–H and O–H groups in total. The van der Waals surface area contributed by atoms with Crippen LogP contribution >= 0.6 is 0 Å². The first-order valence-corrected chi connectivity index (χ1v) is 12.1. The summed E-state index contributed by atoms with van der Waals surface area (Å²) < 4.78 is 5.54. The van der Waals surface area contributed by atoms with E-state index < -0.39 is 4.92 Å². The zero-order valence-electron chi connectivity index (χ0n) is 20.9. The molecule has 2 heterocycles. The summed E-state index contributed by atoms with van der Waals surface area (Å²) in [6, 6.07) is 23.3. The number of hydrogen-bond acceptors (Lipinski definition) is 6. The summed E-state index contributed by atoms with van der Waals surface area (Å²) in [6.07, 6.45) is 0. The molecule has 9 heteroatoms. The number of aromatic amines is 1. The number of fused-ring (bicyclic) bond motifs is 1. The van der Waals surface area contributed by atoms with Gasteiger partial charge in [0, 0.05) is 29.8 Å². The van der Waals surface area contributed by atoms with Crippen molar-refractivity contribution in [1.29, 1.82) is 0 Å². The second-order valence-electron chi connectivity index (χ2n) is 8.79. The van der Waals surface area contributed by atoms with Crippen LogP contribution in [0.5, 0.6) is 5.75 Å². The molecular formula is C29H25N5O4. The molecule has 0 bridgehead atoms. The van der Waals surface area contributed by atoms with E-state index in [2.05, 4.69) is 15.5 Å². The van der Waals surface area contributed by atoms with E-state index in [0.717, 1.165) is 22.4 Å². The van der Waals surface area contributed by atoms with Crippen LogP contribution in [0.2, 0.25) is 0 Å². The molecule has 0 aliphatic heterocycles. The van der Waals surface area contributed by atoms with Gasteiger partial charge in [0.05, 0.1) is 33.9 Å². The number of nitro groups is 1. The number of ether oxygens (including phenoxy) is 1. The van der Waals surface area contributed by atoms with E-state index in [0.29, 0.717) is 46.7 Å². The third-order valence-electron chi connectivity index (χ3n) is 6.15. The molecule has 0 spiro atoms. The smallest absolute Gasteiger partial charge is 0.270 e. The van der Waals surface area contributed by atoms with Gasteiger partial charge < -0.3 is 10.1 Å². The zero-order valence-corrected chi connectivity index (χ0v) is 20.9. The van der Waals surface area contributed by atoms with Gasteiger partial charge in [-0.1, -0.05) is 42.0 Å². The summed E-state index contributed by atoms with van der Waals surface area (Å²) in [7, 11) is 0. The molecule has 1 amide bonds. The van der Waals surface area contributed by atoms with Crippen LogP contribution in [0.4, 0.5) is 5.69 Å². The van der Waals surface area contributed by atoms with Crippen molar-refractivity contribution in [3.63, 3.8) is 0 Å². The van der Waals surface area contributed by atoms with Crippen LogP contribution in [0, 0.1) is 17.0 Å². The molecule has 0 saturated heterocycles. The average Bonchev–Trinajstić information content (AvgIpc) is 3.37. The number of carbonyl (C=O) groups is 1. The minimum absolute atomic E-state index is 0.0606. The second-order valence-corrected chi connectivity index (χ2v) is 8.79. The lowest BCUT2D eigenvalue weighted by Crippen LogP contribution is -2.23. The van der Waals surface area contributed by atoms with Gasteiger partial charge in [-0.05, 0) is 49.7 Å². The Kier molecular flexibility index (Phi) is 6.82. The van der Waals surface area contributed by atoms with Gasteiger partial charge in [0.2, 0.25) is 0 Å². The summed E-state index contributed by atoms with van der Waals surface area (Å²) in [5.41, 5.74) is 5.11. The Hall–Kier alpha value is -5.05. The molecule has 0 saturated carbocycles. The first kappa shape index (κ1) is 24.6. The van der Waals surface area contributed by atoms with Crippen molar-refractivity contribution in [2.45, 2.75) is 20.4 Å². The highest BCUT2D eigenvalue weighted by molar-refractivity contribution is 6.11. The molecule has 9 nitrogen and oxygen atoms in total. The number of hydrogen-bond donors (Lipinski definition) is 2. The predicted molar refractivity (Wildman–Crippen MR) is 145 cm³/mol. The minimum Gasteiger partial charge on any atom is -0.494 e. The van der Waals surface area contributed by atoms with E-state index in [1.807, 2.05) is 62.4 Å². The molecule has 0 radical (unpaired) electrons. The Labute approximate surface area is 218 Å². The molecule has 0 fully saturated rings. The van der Waals surface area contributed by atoms with Gasteiger partial charge in [-0.3, -0.25) is 20.0 Å². The van der Waals surface area contributed by atoms with E-state index in [4.69, 9.17) is 9.72 Å². The monoisotopic (exact) mass is 507 g/mol. The maximum atomic E-state index is 13.6. The fourth-order valence-electron chi connectivity index (χ4n) is 4.21. The molecule has 190 valence electrons. The minimum atomic E-state index is -0.459. The van der Waals surface area contributed by atoms with Crippen molar-refractivity contribution in [3.05, 3.63) is 106 Å². The molecule has 5 rings (SSSR count). The highest BCUT2D eigenvalue weighted by atomic mass is 16.6. The number of nitrogens with one attached hydrogen (secondary N) is 2. The van der Waals surface area contributed by atoms with Crippen molar-refractivity contribution in [2.75, 3.05) is 6.61 Å².